The molecule has 1 heterocycles. The topological polar surface area (TPSA) is 4.93 Å². The van der Waals surface area contributed by atoms with Crippen LogP contribution in [0.2, 0.25) is 0 Å². The predicted octanol–water partition coefficient (Wildman–Crippen LogP) is 2.97. The van der Waals surface area contributed by atoms with Crippen LogP contribution in [0.15, 0.2) is 30.5 Å². The molecule has 1 nitrogen and oxygen atoms in total. The molecular formula is C11H13NV. The molecule has 0 amide bonds. The maximum Gasteiger partial charge on any atom is 0.0482 e. The maximum atomic E-state index is 2.27. The first-order valence-corrected chi connectivity index (χ1v) is 4.37. The smallest absolute Gasteiger partial charge is 0.0482 e. The minimum absolute atomic E-state index is 0. The van der Waals surface area contributed by atoms with Crippen LogP contribution in [0.1, 0.15) is 12.5 Å². The van der Waals surface area contributed by atoms with E-state index in [1.54, 1.807) is 0 Å². The van der Waals surface area contributed by atoms with E-state index in [-0.39, 0.29) is 18.6 Å². The summed E-state index contributed by atoms with van der Waals surface area (Å²) in [6.07, 6.45) is 2.15. The molecule has 0 atom stereocenters. The first-order chi connectivity index (χ1) is 5.83. The van der Waals surface area contributed by atoms with Gasteiger partial charge < -0.3 is 4.57 Å². The average Bonchev–Trinajstić information content (AvgIpc) is 2.49. The van der Waals surface area contributed by atoms with Gasteiger partial charge in [-0.3, -0.25) is 0 Å². The quantitative estimate of drug-likeness (QED) is 0.681. The minimum atomic E-state index is 0. The van der Waals surface area contributed by atoms with Gasteiger partial charge in [-0.15, -0.1) is 0 Å². The van der Waals surface area contributed by atoms with Gasteiger partial charge in [0.2, 0.25) is 0 Å². The molecule has 0 saturated heterocycles. The molecule has 0 aliphatic carbocycles. The van der Waals surface area contributed by atoms with Crippen LogP contribution in [0.4, 0.5) is 0 Å². The fourth-order valence-electron chi connectivity index (χ4n) is 1.65. The number of benzene rings is 1. The summed E-state index contributed by atoms with van der Waals surface area (Å²) in [5, 5.41) is 1.37. The Kier molecular flexibility index (Phi) is 3.24. The monoisotopic (exact) mass is 210 g/mol. The summed E-state index contributed by atoms with van der Waals surface area (Å²) in [7, 11) is 0. The number of hydrogen-bond acceptors (Lipinski definition) is 0. The van der Waals surface area contributed by atoms with Crippen LogP contribution in [0.5, 0.6) is 0 Å². The molecule has 0 spiro atoms. The van der Waals surface area contributed by atoms with E-state index < -0.39 is 0 Å². The Labute approximate surface area is 90.6 Å². The average molecular weight is 210 g/mol. The van der Waals surface area contributed by atoms with Gasteiger partial charge in [0.05, 0.1) is 0 Å². The molecule has 0 fully saturated rings. The number of aryl methyl sites for hydroxylation is 2. The Balaban J connectivity index is 0.000000845. The Morgan fingerprint density at radius 3 is 2.69 bits per heavy atom. The Morgan fingerprint density at radius 1 is 1.23 bits per heavy atom. The van der Waals surface area contributed by atoms with Crippen molar-refractivity contribution in [2.45, 2.75) is 20.4 Å². The van der Waals surface area contributed by atoms with E-state index in [0.717, 1.165) is 6.54 Å². The second-order valence-electron chi connectivity index (χ2n) is 3.11. The normalized spacial score (nSPS) is 10.0. The van der Waals surface area contributed by atoms with Gasteiger partial charge in [0.15, 0.2) is 0 Å². The Hall–Kier alpha value is -0.656. The van der Waals surface area contributed by atoms with Crippen LogP contribution in [-0.4, -0.2) is 4.57 Å². The summed E-state index contributed by atoms with van der Waals surface area (Å²) in [6.45, 7) is 5.37. The SMILES string of the molecule is CCn1ccc2c(C)cccc21.[V]. The maximum absolute atomic E-state index is 2.27. The molecule has 2 heteroatoms. The molecule has 0 aliphatic rings. The first kappa shape index (κ1) is 10.4. The van der Waals surface area contributed by atoms with Crippen molar-refractivity contribution in [1.29, 1.82) is 0 Å². The van der Waals surface area contributed by atoms with Crippen molar-refractivity contribution in [3.05, 3.63) is 36.0 Å². The van der Waals surface area contributed by atoms with E-state index >= 15 is 0 Å². The second-order valence-corrected chi connectivity index (χ2v) is 3.11. The van der Waals surface area contributed by atoms with Gasteiger partial charge in [-0.2, -0.15) is 0 Å². The van der Waals surface area contributed by atoms with Gasteiger partial charge in [-0.1, -0.05) is 12.1 Å². The number of aromatic nitrogens is 1. The standard InChI is InChI=1S/C11H13N.V/c1-3-12-8-7-10-9(2)5-4-6-11(10)12;/h4-8H,3H2,1-2H3;. The summed E-state index contributed by atoms with van der Waals surface area (Å²) in [5.74, 6) is 0. The molecule has 0 bridgehead atoms. The Morgan fingerprint density at radius 2 is 2.00 bits per heavy atom. The van der Waals surface area contributed by atoms with Crippen molar-refractivity contribution < 1.29 is 18.6 Å². The van der Waals surface area contributed by atoms with E-state index in [4.69, 9.17) is 0 Å². The first-order valence-electron chi connectivity index (χ1n) is 4.37. The molecule has 67 valence electrons. The summed E-state index contributed by atoms with van der Waals surface area (Å²) in [4.78, 5) is 0. The van der Waals surface area contributed by atoms with Crippen LogP contribution in [0.3, 0.4) is 0 Å². The van der Waals surface area contributed by atoms with Crippen molar-refractivity contribution in [2.24, 2.45) is 0 Å². The Bertz CT molecular complexity index is 403. The van der Waals surface area contributed by atoms with E-state index in [9.17, 15) is 0 Å². The van der Waals surface area contributed by atoms with Crippen molar-refractivity contribution in [3.63, 3.8) is 0 Å². The number of rotatable bonds is 1. The van der Waals surface area contributed by atoms with Crippen LogP contribution in [-0.2, 0) is 25.1 Å². The number of hydrogen-bond donors (Lipinski definition) is 0. The van der Waals surface area contributed by atoms with Crippen LogP contribution >= 0.6 is 0 Å². The van der Waals surface area contributed by atoms with Crippen LogP contribution < -0.4 is 0 Å². The molecule has 0 N–H and O–H groups in total. The fraction of sp³-hybridized carbons (Fsp3) is 0.273. The van der Waals surface area contributed by atoms with E-state index in [0.29, 0.717) is 0 Å². The summed E-state index contributed by atoms with van der Waals surface area (Å²) in [6, 6.07) is 8.63. The molecule has 2 aromatic rings. The van der Waals surface area contributed by atoms with E-state index in [1.165, 1.54) is 16.5 Å². The third-order valence-electron chi connectivity index (χ3n) is 2.37. The van der Waals surface area contributed by atoms with E-state index in [2.05, 4.69) is 48.9 Å². The van der Waals surface area contributed by atoms with Gasteiger partial charge in [0, 0.05) is 42.2 Å². The minimum Gasteiger partial charge on any atom is -0.348 e. The van der Waals surface area contributed by atoms with Crippen molar-refractivity contribution >= 4 is 10.9 Å². The summed E-state index contributed by atoms with van der Waals surface area (Å²) in [5.41, 5.74) is 2.71. The molecule has 0 unspecified atom stereocenters. The predicted molar refractivity (Wildman–Crippen MR) is 52.3 cm³/mol. The van der Waals surface area contributed by atoms with E-state index in [1.807, 2.05) is 0 Å². The summed E-state index contributed by atoms with van der Waals surface area (Å²) < 4.78 is 2.27. The zero-order valence-corrected chi connectivity index (χ0v) is 9.38. The number of nitrogens with zero attached hydrogens (tertiary/aromatic N) is 1. The van der Waals surface area contributed by atoms with Gasteiger partial charge in [0.25, 0.3) is 0 Å². The van der Waals surface area contributed by atoms with Crippen molar-refractivity contribution in [2.75, 3.05) is 0 Å². The third kappa shape index (κ3) is 1.67. The molecule has 2 rings (SSSR count). The summed E-state index contributed by atoms with van der Waals surface area (Å²) >= 11 is 0. The van der Waals surface area contributed by atoms with Crippen molar-refractivity contribution in [3.8, 4) is 0 Å². The molecule has 1 radical (unpaired) electrons. The van der Waals surface area contributed by atoms with Gasteiger partial charge >= 0.3 is 0 Å². The largest absolute Gasteiger partial charge is 0.348 e. The zero-order chi connectivity index (χ0) is 8.55. The fourth-order valence-corrected chi connectivity index (χ4v) is 1.65. The molecular weight excluding hydrogens is 197 g/mol. The van der Waals surface area contributed by atoms with Gasteiger partial charge in [-0.05, 0) is 31.5 Å². The second kappa shape index (κ2) is 4.04. The molecule has 1 aromatic carbocycles. The zero-order valence-electron chi connectivity index (χ0n) is 7.99. The van der Waals surface area contributed by atoms with Gasteiger partial charge in [0.1, 0.15) is 0 Å². The molecule has 13 heavy (non-hydrogen) atoms. The third-order valence-corrected chi connectivity index (χ3v) is 2.37. The molecule has 0 saturated carbocycles. The van der Waals surface area contributed by atoms with Gasteiger partial charge in [-0.25, -0.2) is 0 Å². The van der Waals surface area contributed by atoms with Crippen LogP contribution in [0, 0.1) is 6.92 Å². The number of fused-ring (bicyclic) bond motifs is 1. The molecule has 0 aliphatic heterocycles. The molecule has 1 aromatic heterocycles. The van der Waals surface area contributed by atoms with Crippen molar-refractivity contribution in [1.82, 2.24) is 4.57 Å². The van der Waals surface area contributed by atoms with Crippen LogP contribution in [0.25, 0.3) is 10.9 Å².